The van der Waals surface area contributed by atoms with Crippen molar-refractivity contribution in [2.75, 3.05) is 26.7 Å². The molecule has 0 aliphatic carbocycles. The molecule has 0 spiro atoms. The van der Waals surface area contributed by atoms with E-state index in [4.69, 9.17) is 4.74 Å². The van der Waals surface area contributed by atoms with Crippen LogP contribution in [0.5, 0.6) is 5.75 Å². The van der Waals surface area contributed by atoms with E-state index in [2.05, 4.69) is 28.0 Å². The summed E-state index contributed by atoms with van der Waals surface area (Å²) >= 11 is 0. The van der Waals surface area contributed by atoms with Gasteiger partial charge >= 0.3 is 0 Å². The Bertz CT molecular complexity index is 974. The van der Waals surface area contributed by atoms with Crippen LogP contribution in [0.1, 0.15) is 40.2 Å². The number of nitrogens with zero attached hydrogens (tertiary/aromatic N) is 3. The minimum atomic E-state index is 0.0521. The number of hydrogen-bond donors (Lipinski definition) is 0. The zero-order valence-electron chi connectivity index (χ0n) is 16.6. The Hall–Kier alpha value is -2.84. The van der Waals surface area contributed by atoms with Gasteiger partial charge in [0.05, 0.1) is 24.8 Å². The van der Waals surface area contributed by atoms with Crippen molar-refractivity contribution in [2.24, 2.45) is 5.92 Å². The molecule has 148 valence electrons. The van der Waals surface area contributed by atoms with Crippen LogP contribution in [0.15, 0.2) is 48.5 Å². The highest BCUT2D eigenvalue weighted by Gasteiger charge is 2.54. The number of fused-ring (bicyclic) bond motifs is 2. The van der Waals surface area contributed by atoms with Gasteiger partial charge in [-0.1, -0.05) is 18.2 Å². The number of carbonyl (C=O) groups is 1. The Labute approximate surface area is 171 Å². The molecule has 3 atom stereocenters. The fraction of sp³-hybridized carbons (Fsp3) is 0.417. The lowest BCUT2D eigenvalue weighted by Crippen LogP contribution is -2.60. The summed E-state index contributed by atoms with van der Waals surface area (Å²) < 4.78 is 5.46. The van der Waals surface area contributed by atoms with Gasteiger partial charge in [0.25, 0.3) is 5.91 Å². The monoisotopic (exact) mass is 387 g/mol. The van der Waals surface area contributed by atoms with Gasteiger partial charge in [0.2, 0.25) is 0 Å². The molecule has 29 heavy (non-hydrogen) atoms. The molecule has 0 radical (unpaired) electrons. The smallest absolute Gasteiger partial charge is 0.254 e. The maximum Gasteiger partial charge on any atom is 0.254 e. The minimum absolute atomic E-state index is 0.0521. The van der Waals surface area contributed by atoms with E-state index in [-0.39, 0.29) is 17.9 Å². The van der Waals surface area contributed by atoms with Crippen LogP contribution in [0.25, 0.3) is 0 Å². The first-order chi connectivity index (χ1) is 14.2. The van der Waals surface area contributed by atoms with E-state index in [1.165, 1.54) is 5.56 Å². The standard InChI is InChI=1S/C24H25N3O2/c1-29-20-7-3-5-18(13-20)21-15-27(22-17-8-10-26(11-9-17)23(21)22)24(28)19-6-2-4-16(12-19)14-25/h2-7,12-13,17,21-23H,8-11,15H2,1H3/t21-,22-,23-/m0/s1. The fourth-order valence-corrected chi connectivity index (χ4v) is 5.71. The number of ether oxygens (including phenoxy) is 1. The maximum absolute atomic E-state index is 13.5. The van der Waals surface area contributed by atoms with Gasteiger partial charge in [-0.2, -0.15) is 5.26 Å². The van der Waals surface area contributed by atoms with Crippen LogP contribution in [0, 0.1) is 17.2 Å². The molecule has 0 aromatic heterocycles. The molecular formula is C24H25N3O2. The number of hydrogen-bond acceptors (Lipinski definition) is 4. The molecule has 5 nitrogen and oxygen atoms in total. The predicted molar refractivity (Wildman–Crippen MR) is 110 cm³/mol. The quantitative estimate of drug-likeness (QED) is 0.811. The van der Waals surface area contributed by atoms with E-state index in [9.17, 15) is 10.1 Å². The van der Waals surface area contributed by atoms with E-state index in [0.717, 1.165) is 31.7 Å². The molecule has 0 unspecified atom stereocenters. The zero-order chi connectivity index (χ0) is 20.0. The van der Waals surface area contributed by atoms with Gasteiger partial charge in [0.15, 0.2) is 0 Å². The maximum atomic E-state index is 13.5. The molecule has 1 amide bonds. The van der Waals surface area contributed by atoms with Crippen LogP contribution in [0.4, 0.5) is 0 Å². The highest BCUT2D eigenvalue weighted by Crippen LogP contribution is 2.47. The Kier molecular flexibility index (Phi) is 4.52. The van der Waals surface area contributed by atoms with Crippen LogP contribution in [-0.4, -0.2) is 54.5 Å². The second kappa shape index (κ2) is 7.20. The molecule has 4 saturated heterocycles. The Balaban J connectivity index is 1.52. The third kappa shape index (κ3) is 2.99. The Morgan fingerprint density at radius 1 is 1.10 bits per heavy atom. The van der Waals surface area contributed by atoms with Crippen molar-refractivity contribution in [1.82, 2.24) is 9.80 Å². The number of nitriles is 1. The van der Waals surface area contributed by atoms with Gasteiger partial charge in [0, 0.05) is 24.1 Å². The van der Waals surface area contributed by atoms with Gasteiger partial charge in [-0.3, -0.25) is 9.69 Å². The summed E-state index contributed by atoms with van der Waals surface area (Å²) in [5.41, 5.74) is 2.39. The van der Waals surface area contributed by atoms with Crippen LogP contribution >= 0.6 is 0 Å². The van der Waals surface area contributed by atoms with E-state index < -0.39 is 0 Å². The first-order valence-electron chi connectivity index (χ1n) is 10.4. The summed E-state index contributed by atoms with van der Waals surface area (Å²) in [6.07, 6.45) is 2.32. The normalized spacial score (nSPS) is 29.9. The van der Waals surface area contributed by atoms with Crippen molar-refractivity contribution in [3.05, 3.63) is 65.2 Å². The number of methoxy groups -OCH3 is 1. The summed E-state index contributed by atoms with van der Waals surface area (Å²) in [6.45, 7) is 2.96. The van der Waals surface area contributed by atoms with E-state index >= 15 is 0 Å². The van der Waals surface area contributed by atoms with Crippen molar-refractivity contribution in [1.29, 1.82) is 5.26 Å². The van der Waals surface area contributed by atoms with Crippen LogP contribution in [-0.2, 0) is 0 Å². The average molecular weight is 387 g/mol. The van der Waals surface area contributed by atoms with Crippen LogP contribution < -0.4 is 4.74 Å². The molecule has 0 saturated carbocycles. The molecule has 2 bridgehead atoms. The summed E-state index contributed by atoms with van der Waals surface area (Å²) in [6, 6.07) is 18.2. The van der Waals surface area contributed by atoms with Gasteiger partial charge in [-0.15, -0.1) is 0 Å². The molecule has 2 aromatic rings. The molecule has 5 heteroatoms. The van der Waals surface area contributed by atoms with Crippen LogP contribution in [0.2, 0.25) is 0 Å². The number of likely N-dealkylation sites (tertiary alicyclic amines) is 1. The summed E-state index contributed by atoms with van der Waals surface area (Å²) in [5, 5.41) is 9.23. The minimum Gasteiger partial charge on any atom is -0.497 e. The number of piperidine rings is 3. The predicted octanol–water partition coefficient (Wildman–Crippen LogP) is 3.27. The SMILES string of the molecule is COc1cccc([C@@H]2CN(C(=O)c3cccc(C#N)c3)[C@H]3C4CCN(CC4)[C@@H]23)c1. The zero-order valence-corrected chi connectivity index (χ0v) is 16.6. The first kappa shape index (κ1) is 18.2. The van der Waals surface area contributed by atoms with Gasteiger partial charge in [-0.05, 0) is 67.7 Å². The van der Waals surface area contributed by atoms with Crippen molar-refractivity contribution in [3.8, 4) is 11.8 Å². The van der Waals surface area contributed by atoms with Crippen molar-refractivity contribution in [2.45, 2.75) is 30.8 Å². The Morgan fingerprint density at radius 3 is 2.66 bits per heavy atom. The van der Waals surface area contributed by atoms with Gasteiger partial charge in [-0.25, -0.2) is 0 Å². The molecule has 4 aliphatic heterocycles. The summed E-state index contributed by atoms with van der Waals surface area (Å²) in [5.74, 6) is 1.75. The second-order valence-corrected chi connectivity index (χ2v) is 8.39. The fourth-order valence-electron chi connectivity index (χ4n) is 5.71. The third-order valence-corrected chi connectivity index (χ3v) is 7.02. The van der Waals surface area contributed by atoms with Crippen molar-refractivity contribution >= 4 is 5.91 Å². The Morgan fingerprint density at radius 2 is 1.90 bits per heavy atom. The lowest BCUT2D eigenvalue weighted by molar-refractivity contribution is -0.00341. The molecule has 4 fully saturated rings. The highest BCUT2D eigenvalue weighted by atomic mass is 16.5. The molecule has 2 aromatic carbocycles. The number of amides is 1. The van der Waals surface area contributed by atoms with Gasteiger partial charge < -0.3 is 9.64 Å². The second-order valence-electron chi connectivity index (χ2n) is 8.39. The topological polar surface area (TPSA) is 56.6 Å². The van der Waals surface area contributed by atoms with Crippen molar-refractivity contribution in [3.63, 3.8) is 0 Å². The lowest BCUT2D eigenvalue weighted by Gasteiger charge is -2.51. The van der Waals surface area contributed by atoms with Crippen molar-refractivity contribution < 1.29 is 9.53 Å². The molecule has 4 aliphatic rings. The largest absolute Gasteiger partial charge is 0.497 e. The number of rotatable bonds is 3. The molecule has 0 N–H and O–H groups in total. The molecule has 4 heterocycles. The molecular weight excluding hydrogens is 362 g/mol. The highest BCUT2D eigenvalue weighted by molar-refractivity contribution is 5.95. The van der Waals surface area contributed by atoms with Crippen LogP contribution in [0.3, 0.4) is 0 Å². The molecule has 6 rings (SSSR count). The van der Waals surface area contributed by atoms with E-state index in [1.54, 1.807) is 25.3 Å². The summed E-state index contributed by atoms with van der Waals surface area (Å²) in [4.78, 5) is 18.2. The van der Waals surface area contributed by atoms with E-state index in [1.807, 2.05) is 18.2 Å². The number of carbonyl (C=O) groups excluding carboxylic acids is 1. The van der Waals surface area contributed by atoms with E-state index in [0.29, 0.717) is 29.6 Å². The third-order valence-electron chi connectivity index (χ3n) is 7.02. The van der Waals surface area contributed by atoms with Gasteiger partial charge in [0.1, 0.15) is 5.75 Å². The average Bonchev–Trinajstić information content (AvgIpc) is 3.22. The summed E-state index contributed by atoms with van der Waals surface area (Å²) in [7, 11) is 1.70. The first-order valence-corrected chi connectivity index (χ1v) is 10.4. The lowest BCUT2D eigenvalue weighted by atomic mass is 9.75. The number of benzene rings is 2.